The van der Waals surface area contributed by atoms with Gasteiger partial charge in [-0.2, -0.15) is 5.10 Å². The third kappa shape index (κ3) is 3.66. The van der Waals surface area contributed by atoms with E-state index in [0.717, 1.165) is 47.6 Å². The molecule has 9 nitrogen and oxygen atoms in total. The molecule has 4 heterocycles. The highest BCUT2D eigenvalue weighted by atomic mass is 19.1. The maximum Gasteiger partial charge on any atom is 0.409 e. The zero-order chi connectivity index (χ0) is 22.5. The number of alkyl halides is 1. The molecule has 0 spiro atoms. The van der Waals surface area contributed by atoms with Gasteiger partial charge in [-0.15, -0.1) is 0 Å². The predicted octanol–water partition coefficient (Wildman–Crippen LogP) is 2.25. The van der Waals surface area contributed by atoms with Crippen LogP contribution >= 0.6 is 0 Å². The van der Waals surface area contributed by atoms with E-state index in [9.17, 15) is 9.59 Å². The molecule has 0 bridgehead atoms. The van der Waals surface area contributed by atoms with E-state index in [0.29, 0.717) is 25.1 Å². The number of rotatable bonds is 5. The van der Waals surface area contributed by atoms with Crippen molar-refractivity contribution in [1.29, 1.82) is 0 Å². The van der Waals surface area contributed by atoms with E-state index in [2.05, 4.69) is 15.2 Å². The first-order valence-corrected chi connectivity index (χ1v) is 11.0. The zero-order valence-corrected chi connectivity index (χ0v) is 18.3. The quantitative estimate of drug-likeness (QED) is 0.757. The highest BCUT2D eigenvalue weighted by molar-refractivity contribution is 5.95. The minimum atomic E-state index is -1.54. The number of hydrogen-bond donors (Lipinski definition) is 1. The van der Waals surface area contributed by atoms with Crippen LogP contribution in [0.1, 0.15) is 40.3 Å². The second-order valence-corrected chi connectivity index (χ2v) is 8.88. The minimum absolute atomic E-state index is 0.0186. The maximum atomic E-state index is 15.0. The Hall–Kier alpha value is -2.88. The van der Waals surface area contributed by atoms with E-state index < -0.39 is 11.8 Å². The number of nitrogens with zero attached hydrogens (tertiary/aromatic N) is 3. The highest BCUT2D eigenvalue weighted by Gasteiger charge is 2.47. The highest BCUT2D eigenvalue weighted by Crippen LogP contribution is 2.39. The summed E-state index contributed by atoms with van der Waals surface area (Å²) in [4.78, 5) is 25.6. The third-order valence-corrected chi connectivity index (χ3v) is 6.46. The van der Waals surface area contributed by atoms with E-state index in [4.69, 9.17) is 9.15 Å². The van der Waals surface area contributed by atoms with Crippen LogP contribution in [0.25, 0.3) is 11.3 Å². The van der Waals surface area contributed by atoms with E-state index in [1.54, 1.807) is 4.68 Å². The molecule has 1 N–H and O–H groups in total. The van der Waals surface area contributed by atoms with Crippen molar-refractivity contribution in [3.05, 3.63) is 28.8 Å². The number of fused-ring (bicyclic) bond motifs is 3. The number of ether oxygens (including phenoxy) is 2. The standard InChI is InChI=1S/C22H27FN4O5/c1-13-17-16(32-19(13)20(28)24-8-15-4-3-7-31-15)6-5-14-9-27(25-18(14)17)12-22(23)10-26(11-22)21(29)30-2/h9,15H,3-8,10-12H2,1-2H3,(H,24,28)/t15-/m0/s1. The fraction of sp³-hybridized carbons (Fsp3) is 0.591. The van der Waals surface area contributed by atoms with Crippen LogP contribution in [0.15, 0.2) is 10.6 Å². The lowest BCUT2D eigenvalue weighted by Gasteiger charge is -2.43. The van der Waals surface area contributed by atoms with Crippen molar-refractivity contribution < 1.29 is 27.9 Å². The molecule has 2 aliphatic heterocycles. The molecule has 2 aromatic heterocycles. The van der Waals surface area contributed by atoms with Crippen molar-refractivity contribution in [3.8, 4) is 11.3 Å². The van der Waals surface area contributed by atoms with Gasteiger partial charge in [0.1, 0.15) is 5.76 Å². The van der Waals surface area contributed by atoms with Gasteiger partial charge >= 0.3 is 6.09 Å². The van der Waals surface area contributed by atoms with Crippen LogP contribution in [0.2, 0.25) is 0 Å². The number of amides is 2. The van der Waals surface area contributed by atoms with Crippen LogP contribution in [0.5, 0.6) is 0 Å². The molecule has 32 heavy (non-hydrogen) atoms. The van der Waals surface area contributed by atoms with Gasteiger partial charge in [-0.1, -0.05) is 0 Å². The number of aryl methyl sites for hydroxylation is 2. The number of hydrogen-bond acceptors (Lipinski definition) is 6. The average molecular weight is 446 g/mol. The van der Waals surface area contributed by atoms with Gasteiger partial charge in [0.15, 0.2) is 11.4 Å². The molecule has 2 aromatic rings. The fourth-order valence-electron chi connectivity index (χ4n) is 4.84. The summed E-state index contributed by atoms with van der Waals surface area (Å²) < 4.78 is 32.7. The molecular formula is C22H27FN4O5. The molecule has 1 aliphatic carbocycles. The normalized spacial score (nSPS) is 21.0. The second-order valence-electron chi connectivity index (χ2n) is 8.88. The lowest BCUT2D eigenvalue weighted by Crippen LogP contribution is -2.62. The van der Waals surface area contributed by atoms with Gasteiger partial charge in [0.25, 0.3) is 5.91 Å². The summed E-state index contributed by atoms with van der Waals surface area (Å²) in [6, 6.07) is 0. The minimum Gasteiger partial charge on any atom is -0.455 e. The summed E-state index contributed by atoms with van der Waals surface area (Å²) in [6.07, 6.45) is 4.71. The van der Waals surface area contributed by atoms with Crippen LogP contribution in [-0.2, 0) is 28.9 Å². The molecule has 0 aromatic carbocycles. The van der Waals surface area contributed by atoms with Gasteiger partial charge in [-0.3, -0.25) is 9.48 Å². The molecule has 3 aliphatic rings. The number of likely N-dealkylation sites (tertiary alicyclic amines) is 1. The largest absolute Gasteiger partial charge is 0.455 e. The van der Waals surface area contributed by atoms with E-state index in [-0.39, 0.29) is 31.6 Å². The number of halogens is 1. The average Bonchev–Trinajstić information content (AvgIpc) is 3.48. The second kappa shape index (κ2) is 7.91. The summed E-state index contributed by atoms with van der Waals surface area (Å²) >= 11 is 0. The van der Waals surface area contributed by atoms with Crippen molar-refractivity contribution in [3.63, 3.8) is 0 Å². The smallest absolute Gasteiger partial charge is 0.409 e. The van der Waals surface area contributed by atoms with Gasteiger partial charge < -0.3 is 24.1 Å². The Bertz CT molecular complexity index is 1050. The van der Waals surface area contributed by atoms with Gasteiger partial charge in [-0.25, -0.2) is 9.18 Å². The van der Waals surface area contributed by atoms with E-state index in [1.807, 2.05) is 13.1 Å². The number of carbonyl (C=O) groups excluding carboxylic acids is 2. The van der Waals surface area contributed by atoms with Gasteiger partial charge in [-0.05, 0) is 31.7 Å². The first kappa shape index (κ1) is 21.0. The Morgan fingerprint density at radius 1 is 1.38 bits per heavy atom. The number of furan rings is 1. The van der Waals surface area contributed by atoms with Gasteiger partial charge in [0, 0.05) is 36.9 Å². The lowest BCUT2D eigenvalue weighted by molar-refractivity contribution is -0.0371. The van der Waals surface area contributed by atoms with Crippen LogP contribution in [0, 0.1) is 6.92 Å². The Morgan fingerprint density at radius 2 is 2.19 bits per heavy atom. The van der Waals surface area contributed by atoms with Crippen LogP contribution in [0.4, 0.5) is 9.18 Å². The summed E-state index contributed by atoms with van der Waals surface area (Å²) in [6.45, 7) is 3.07. The summed E-state index contributed by atoms with van der Waals surface area (Å²) in [7, 11) is 1.28. The van der Waals surface area contributed by atoms with Crippen molar-refractivity contribution in [1.82, 2.24) is 20.0 Å². The molecular weight excluding hydrogens is 419 g/mol. The zero-order valence-electron chi connectivity index (χ0n) is 18.3. The Kier molecular flexibility index (Phi) is 5.19. The number of nitrogens with one attached hydrogen (secondary N) is 1. The first-order chi connectivity index (χ1) is 15.4. The van der Waals surface area contributed by atoms with Gasteiger partial charge in [0.05, 0.1) is 38.5 Å². The van der Waals surface area contributed by atoms with Crippen LogP contribution in [-0.4, -0.2) is 71.8 Å². The summed E-state index contributed by atoms with van der Waals surface area (Å²) in [5, 5.41) is 7.53. The number of carbonyl (C=O) groups is 2. The van der Waals surface area contributed by atoms with Crippen molar-refractivity contribution in [2.45, 2.75) is 50.9 Å². The van der Waals surface area contributed by atoms with Crippen LogP contribution < -0.4 is 5.32 Å². The summed E-state index contributed by atoms with van der Waals surface area (Å²) in [5.74, 6) is 0.775. The van der Waals surface area contributed by atoms with Crippen molar-refractivity contribution in [2.75, 3.05) is 33.4 Å². The number of aromatic nitrogens is 2. The molecule has 2 fully saturated rings. The van der Waals surface area contributed by atoms with Crippen LogP contribution in [0.3, 0.4) is 0 Å². The van der Waals surface area contributed by atoms with Crippen molar-refractivity contribution in [2.24, 2.45) is 0 Å². The fourth-order valence-corrected chi connectivity index (χ4v) is 4.84. The molecule has 2 saturated heterocycles. The molecule has 172 valence electrons. The lowest BCUT2D eigenvalue weighted by atomic mass is 9.93. The van der Waals surface area contributed by atoms with Crippen molar-refractivity contribution >= 4 is 12.0 Å². The first-order valence-electron chi connectivity index (χ1n) is 11.0. The van der Waals surface area contributed by atoms with E-state index >= 15 is 4.39 Å². The molecule has 0 radical (unpaired) electrons. The SMILES string of the molecule is COC(=O)N1CC(F)(Cn2cc3c(n2)-c2c(oc(C(=O)NC[C@@H]4CCCO4)c2C)CC3)C1. The molecule has 0 unspecified atom stereocenters. The van der Waals surface area contributed by atoms with E-state index in [1.165, 1.54) is 12.0 Å². The molecule has 1 atom stereocenters. The third-order valence-electron chi connectivity index (χ3n) is 6.46. The maximum absolute atomic E-state index is 15.0. The molecule has 2 amide bonds. The summed E-state index contributed by atoms with van der Waals surface area (Å²) in [5.41, 5.74) is 1.76. The Morgan fingerprint density at radius 3 is 2.91 bits per heavy atom. The monoisotopic (exact) mass is 446 g/mol. The number of methoxy groups -OCH3 is 1. The predicted molar refractivity (Wildman–Crippen MR) is 111 cm³/mol. The van der Waals surface area contributed by atoms with Gasteiger partial charge in [0.2, 0.25) is 0 Å². The Labute approximate surface area is 184 Å². The molecule has 10 heteroatoms. The topological polar surface area (TPSA) is 98.8 Å². The Balaban J connectivity index is 1.31. The molecule has 0 saturated carbocycles. The molecule has 5 rings (SSSR count).